The second kappa shape index (κ2) is 4.72. The molecule has 0 aliphatic rings. The van der Waals surface area contributed by atoms with Gasteiger partial charge in [-0.15, -0.1) is 0 Å². The highest BCUT2D eigenvalue weighted by atomic mass is 79.9. The van der Waals surface area contributed by atoms with Crippen molar-refractivity contribution in [3.8, 4) is 0 Å². The molecule has 0 radical (unpaired) electrons. The van der Waals surface area contributed by atoms with Gasteiger partial charge >= 0.3 is 0 Å². The predicted octanol–water partition coefficient (Wildman–Crippen LogP) is 3.22. The lowest BCUT2D eigenvalue weighted by atomic mass is 10.1. The van der Waals surface area contributed by atoms with Crippen LogP contribution in [0.15, 0.2) is 29.0 Å². The first kappa shape index (κ1) is 10.6. The third-order valence-electron chi connectivity index (χ3n) is 2.10. The number of benzene rings is 1. The molecule has 1 N–H and O–H groups in total. The molecular formula is C10H10BrN3S. The van der Waals surface area contributed by atoms with E-state index in [1.807, 2.05) is 6.07 Å². The highest BCUT2D eigenvalue weighted by Gasteiger charge is 2.00. The molecule has 15 heavy (non-hydrogen) atoms. The third-order valence-corrected chi connectivity index (χ3v) is 3.22. The van der Waals surface area contributed by atoms with Gasteiger partial charge in [0.25, 0.3) is 0 Å². The summed E-state index contributed by atoms with van der Waals surface area (Å²) < 4.78 is 5.03. The quantitative estimate of drug-likeness (QED) is 0.940. The second-order valence-corrected chi connectivity index (χ2v) is 4.87. The van der Waals surface area contributed by atoms with Gasteiger partial charge in [0.05, 0.1) is 0 Å². The normalized spacial score (nSPS) is 10.3. The fraction of sp³-hybridized carbons (Fsp3) is 0.200. The minimum atomic E-state index is 0.778. The average Bonchev–Trinajstić information content (AvgIpc) is 2.72. The van der Waals surface area contributed by atoms with Crippen molar-refractivity contribution in [2.75, 3.05) is 5.32 Å². The van der Waals surface area contributed by atoms with Crippen LogP contribution in [0, 0.1) is 6.92 Å². The molecule has 1 aromatic carbocycles. The Kier molecular flexibility index (Phi) is 3.33. The zero-order valence-electron chi connectivity index (χ0n) is 8.20. The lowest BCUT2D eigenvalue weighted by molar-refractivity contribution is 1.10. The summed E-state index contributed by atoms with van der Waals surface area (Å²) in [4.78, 5) is 4.07. The molecule has 0 unspecified atom stereocenters. The summed E-state index contributed by atoms with van der Waals surface area (Å²) in [6, 6.07) is 6.26. The average molecular weight is 284 g/mol. The van der Waals surface area contributed by atoms with E-state index in [0.717, 1.165) is 16.1 Å². The Labute approximate surface area is 101 Å². The van der Waals surface area contributed by atoms with Crippen LogP contribution in [0.1, 0.15) is 11.1 Å². The summed E-state index contributed by atoms with van der Waals surface area (Å²) in [5.74, 6) is 0. The molecule has 0 fully saturated rings. The molecule has 0 bridgehead atoms. The Morgan fingerprint density at radius 2 is 2.33 bits per heavy atom. The number of hydrogen-bond donors (Lipinski definition) is 1. The molecule has 2 rings (SSSR count). The summed E-state index contributed by atoms with van der Waals surface area (Å²) >= 11 is 4.83. The Bertz CT molecular complexity index is 442. The van der Waals surface area contributed by atoms with Gasteiger partial charge in [0.2, 0.25) is 5.13 Å². The van der Waals surface area contributed by atoms with Crippen molar-refractivity contribution in [3.63, 3.8) is 0 Å². The highest BCUT2D eigenvalue weighted by molar-refractivity contribution is 9.10. The van der Waals surface area contributed by atoms with Crippen LogP contribution in [-0.4, -0.2) is 9.36 Å². The Morgan fingerprint density at radius 3 is 3.07 bits per heavy atom. The molecular weight excluding hydrogens is 274 g/mol. The van der Waals surface area contributed by atoms with Crippen LogP contribution in [0.2, 0.25) is 0 Å². The molecule has 78 valence electrons. The van der Waals surface area contributed by atoms with E-state index < -0.39 is 0 Å². The maximum Gasteiger partial charge on any atom is 0.202 e. The summed E-state index contributed by atoms with van der Waals surface area (Å²) in [7, 11) is 0. The molecule has 0 spiro atoms. The van der Waals surface area contributed by atoms with Gasteiger partial charge in [-0.25, -0.2) is 4.98 Å². The minimum Gasteiger partial charge on any atom is -0.356 e. The van der Waals surface area contributed by atoms with Crippen molar-refractivity contribution < 1.29 is 0 Å². The summed E-state index contributed by atoms with van der Waals surface area (Å²) in [5.41, 5.74) is 2.54. The van der Waals surface area contributed by atoms with E-state index in [1.54, 1.807) is 6.33 Å². The maximum atomic E-state index is 4.07. The van der Waals surface area contributed by atoms with Gasteiger partial charge in [-0.3, -0.25) is 0 Å². The number of rotatable bonds is 3. The first-order chi connectivity index (χ1) is 7.25. The van der Waals surface area contributed by atoms with Gasteiger partial charge in [0.1, 0.15) is 6.33 Å². The molecule has 0 aliphatic heterocycles. The van der Waals surface area contributed by atoms with Crippen LogP contribution < -0.4 is 5.32 Å². The smallest absolute Gasteiger partial charge is 0.202 e. The molecule has 0 atom stereocenters. The first-order valence-electron chi connectivity index (χ1n) is 4.51. The number of aryl methyl sites for hydroxylation is 1. The van der Waals surface area contributed by atoms with Gasteiger partial charge in [0, 0.05) is 22.5 Å². The van der Waals surface area contributed by atoms with E-state index in [-0.39, 0.29) is 0 Å². The number of nitrogens with zero attached hydrogens (tertiary/aromatic N) is 2. The predicted molar refractivity (Wildman–Crippen MR) is 66.1 cm³/mol. The molecule has 5 heteroatoms. The SMILES string of the molecule is Cc1ccc(Br)cc1CNc1ncns1. The van der Waals surface area contributed by atoms with Crippen LogP contribution in [0.5, 0.6) is 0 Å². The van der Waals surface area contributed by atoms with Crippen molar-refractivity contribution in [3.05, 3.63) is 40.1 Å². The van der Waals surface area contributed by atoms with Crippen molar-refractivity contribution in [2.24, 2.45) is 0 Å². The number of hydrogen-bond acceptors (Lipinski definition) is 4. The molecule has 1 aromatic heterocycles. The lowest BCUT2D eigenvalue weighted by Gasteiger charge is -2.06. The van der Waals surface area contributed by atoms with E-state index in [1.165, 1.54) is 22.7 Å². The van der Waals surface area contributed by atoms with Crippen molar-refractivity contribution in [2.45, 2.75) is 13.5 Å². The van der Waals surface area contributed by atoms with E-state index in [0.29, 0.717) is 0 Å². The highest BCUT2D eigenvalue weighted by Crippen LogP contribution is 2.17. The van der Waals surface area contributed by atoms with Gasteiger partial charge in [-0.2, -0.15) is 4.37 Å². The van der Waals surface area contributed by atoms with E-state index in [2.05, 4.69) is 49.7 Å². The Hall–Kier alpha value is -0.940. The van der Waals surface area contributed by atoms with E-state index >= 15 is 0 Å². The molecule has 2 aromatic rings. The van der Waals surface area contributed by atoms with Crippen LogP contribution >= 0.6 is 27.5 Å². The van der Waals surface area contributed by atoms with Crippen molar-refractivity contribution >= 4 is 32.6 Å². The Morgan fingerprint density at radius 1 is 1.47 bits per heavy atom. The first-order valence-corrected chi connectivity index (χ1v) is 6.08. The summed E-state index contributed by atoms with van der Waals surface area (Å²) in [6.07, 6.45) is 1.56. The van der Waals surface area contributed by atoms with Gasteiger partial charge in [-0.1, -0.05) is 22.0 Å². The topological polar surface area (TPSA) is 37.8 Å². The van der Waals surface area contributed by atoms with Gasteiger partial charge < -0.3 is 5.32 Å². The summed E-state index contributed by atoms with van der Waals surface area (Å²) in [6.45, 7) is 2.88. The Balaban J connectivity index is 2.07. The fourth-order valence-electron chi connectivity index (χ4n) is 1.25. The molecule has 0 amide bonds. The van der Waals surface area contributed by atoms with E-state index in [4.69, 9.17) is 0 Å². The lowest BCUT2D eigenvalue weighted by Crippen LogP contribution is -2.00. The molecule has 0 aliphatic carbocycles. The zero-order valence-corrected chi connectivity index (χ0v) is 10.6. The second-order valence-electron chi connectivity index (χ2n) is 3.17. The molecule has 0 saturated carbocycles. The molecule has 0 saturated heterocycles. The van der Waals surface area contributed by atoms with Crippen LogP contribution in [-0.2, 0) is 6.54 Å². The van der Waals surface area contributed by atoms with E-state index in [9.17, 15) is 0 Å². The number of aromatic nitrogens is 2. The zero-order chi connectivity index (χ0) is 10.7. The number of anilines is 1. The van der Waals surface area contributed by atoms with Gasteiger partial charge in [0.15, 0.2) is 0 Å². The monoisotopic (exact) mass is 283 g/mol. The van der Waals surface area contributed by atoms with Crippen LogP contribution in [0.3, 0.4) is 0 Å². The largest absolute Gasteiger partial charge is 0.356 e. The number of nitrogens with one attached hydrogen (secondary N) is 1. The standard InChI is InChI=1S/C10H10BrN3S/c1-7-2-3-9(11)4-8(7)5-12-10-13-6-14-15-10/h2-4,6H,5H2,1H3,(H,12,13,14). The van der Waals surface area contributed by atoms with Gasteiger partial charge in [-0.05, 0) is 30.2 Å². The summed E-state index contributed by atoms with van der Waals surface area (Å²) in [5, 5.41) is 4.09. The van der Waals surface area contributed by atoms with Crippen molar-refractivity contribution in [1.29, 1.82) is 0 Å². The van der Waals surface area contributed by atoms with Crippen molar-refractivity contribution in [1.82, 2.24) is 9.36 Å². The van der Waals surface area contributed by atoms with Crippen LogP contribution in [0.4, 0.5) is 5.13 Å². The maximum absolute atomic E-state index is 4.07. The third kappa shape index (κ3) is 2.76. The fourth-order valence-corrected chi connectivity index (χ4v) is 2.09. The minimum absolute atomic E-state index is 0.778. The van der Waals surface area contributed by atoms with Crippen LogP contribution in [0.25, 0.3) is 0 Å². The molecule has 1 heterocycles. The number of halogens is 1. The molecule has 3 nitrogen and oxygen atoms in total.